The van der Waals surface area contributed by atoms with Crippen molar-refractivity contribution in [3.05, 3.63) is 0 Å². The van der Waals surface area contributed by atoms with E-state index in [1.807, 2.05) is 0 Å². The quantitative estimate of drug-likeness (QED) is 0.788. The lowest BCUT2D eigenvalue weighted by molar-refractivity contribution is 0.0444. The third-order valence-corrected chi connectivity index (χ3v) is 5.18. The Balaban J connectivity index is 1.70. The Hall–Kier alpha value is -0.0800. The molecule has 2 saturated carbocycles. The molecule has 3 fully saturated rings. The molecule has 16 heavy (non-hydrogen) atoms. The number of hydrogen-bond acceptors (Lipinski definition) is 2. The van der Waals surface area contributed by atoms with Gasteiger partial charge in [0.25, 0.3) is 0 Å². The van der Waals surface area contributed by atoms with Crippen LogP contribution in [0.3, 0.4) is 0 Å². The summed E-state index contributed by atoms with van der Waals surface area (Å²) < 4.78 is 0. The Bertz CT molecular complexity index is 270. The summed E-state index contributed by atoms with van der Waals surface area (Å²) in [7, 11) is 0. The highest BCUT2D eigenvalue weighted by molar-refractivity contribution is 5.05. The van der Waals surface area contributed by atoms with E-state index in [1.54, 1.807) is 0 Å². The van der Waals surface area contributed by atoms with Gasteiger partial charge < -0.3 is 5.32 Å². The van der Waals surface area contributed by atoms with Crippen LogP contribution >= 0.6 is 0 Å². The fraction of sp³-hybridized carbons (Fsp3) is 1.00. The third-order valence-electron chi connectivity index (χ3n) is 5.18. The van der Waals surface area contributed by atoms with Crippen molar-refractivity contribution in [2.24, 2.45) is 11.8 Å². The highest BCUT2D eigenvalue weighted by Crippen LogP contribution is 2.43. The average Bonchev–Trinajstić information content (AvgIpc) is 3.12. The Kier molecular flexibility index (Phi) is 2.56. The van der Waals surface area contributed by atoms with Gasteiger partial charge in [0.1, 0.15) is 0 Å². The fourth-order valence-corrected chi connectivity index (χ4v) is 3.48. The maximum Gasteiger partial charge on any atom is 0.0309 e. The molecular weight excluding hydrogens is 196 g/mol. The fourth-order valence-electron chi connectivity index (χ4n) is 3.48. The molecule has 2 nitrogen and oxygen atoms in total. The van der Waals surface area contributed by atoms with Crippen molar-refractivity contribution >= 4 is 0 Å². The molecule has 0 aromatic heterocycles. The molecule has 1 heterocycles. The zero-order chi connectivity index (χ0) is 11.3. The van der Waals surface area contributed by atoms with E-state index in [-0.39, 0.29) is 0 Å². The summed E-state index contributed by atoms with van der Waals surface area (Å²) in [6.07, 6.45) is 5.84. The summed E-state index contributed by atoms with van der Waals surface area (Å²) in [6.45, 7) is 9.74. The molecule has 3 atom stereocenters. The summed E-state index contributed by atoms with van der Waals surface area (Å²) in [5.41, 5.74) is 0.412. The molecule has 0 aromatic carbocycles. The van der Waals surface area contributed by atoms with Crippen LogP contribution in [0.5, 0.6) is 0 Å². The van der Waals surface area contributed by atoms with Gasteiger partial charge in [-0.25, -0.2) is 0 Å². The Morgan fingerprint density at radius 2 is 1.94 bits per heavy atom. The lowest BCUT2D eigenvalue weighted by Crippen LogP contribution is -2.65. The molecule has 0 aromatic rings. The number of hydrogen-bond donors (Lipinski definition) is 1. The zero-order valence-electron chi connectivity index (χ0n) is 11.0. The first kappa shape index (κ1) is 11.0. The monoisotopic (exact) mass is 222 g/mol. The van der Waals surface area contributed by atoms with Gasteiger partial charge in [-0.1, -0.05) is 0 Å². The normalized spacial score (nSPS) is 43.3. The largest absolute Gasteiger partial charge is 0.308 e. The van der Waals surface area contributed by atoms with E-state index in [0.29, 0.717) is 5.54 Å². The SMILES string of the molecule is CC1CNC(C)(C2CC2)CN1C(C)C1CC1. The van der Waals surface area contributed by atoms with E-state index in [2.05, 4.69) is 31.0 Å². The molecule has 1 N–H and O–H groups in total. The van der Waals surface area contributed by atoms with Gasteiger partial charge in [0.2, 0.25) is 0 Å². The number of rotatable bonds is 3. The molecule has 3 rings (SSSR count). The Morgan fingerprint density at radius 3 is 2.50 bits per heavy atom. The first-order valence-electron chi connectivity index (χ1n) is 7.11. The topological polar surface area (TPSA) is 15.3 Å². The summed E-state index contributed by atoms with van der Waals surface area (Å²) in [5.74, 6) is 1.96. The van der Waals surface area contributed by atoms with Gasteiger partial charge in [-0.3, -0.25) is 4.90 Å². The summed E-state index contributed by atoms with van der Waals surface area (Å²) in [6, 6.07) is 1.54. The zero-order valence-corrected chi connectivity index (χ0v) is 11.0. The van der Waals surface area contributed by atoms with Crippen LogP contribution in [0.4, 0.5) is 0 Å². The van der Waals surface area contributed by atoms with Crippen molar-refractivity contribution in [1.82, 2.24) is 10.2 Å². The van der Waals surface area contributed by atoms with Crippen LogP contribution in [-0.2, 0) is 0 Å². The molecule has 0 spiro atoms. The minimum absolute atomic E-state index is 0.412. The van der Waals surface area contributed by atoms with Crippen LogP contribution in [0.15, 0.2) is 0 Å². The van der Waals surface area contributed by atoms with Gasteiger partial charge in [-0.15, -0.1) is 0 Å². The first-order chi connectivity index (χ1) is 7.60. The van der Waals surface area contributed by atoms with Crippen LogP contribution in [0.1, 0.15) is 46.5 Å². The molecule has 3 unspecified atom stereocenters. The second-order valence-corrected chi connectivity index (χ2v) is 6.67. The molecular formula is C14H26N2. The minimum atomic E-state index is 0.412. The molecule has 92 valence electrons. The van der Waals surface area contributed by atoms with Crippen LogP contribution in [0, 0.1) is 11.8 Å². The average molecular weight is 222 g/mol. The van der Waals surface area contributed by atoms with Crippen molar-refractivity contribution < 1.29 is 0 Å². The van der Waals surface area contributed by atoms with Crippen molar-refractivity contribution in [1.29, 1.82) is 0 Å². The van der Waals surface area contributed by atoms with Gasteiger partial charge in [0.05, 0.1) is 0 Å². The standard InChI is InChI=1S/C14H26N2/c1-10-8-15-14(3,13-6-7-13)9-16(10)11(2)12-4-5-12/h10-13,15H,4-9H2,1-3H3. The predicted octanol–water partition coefficient (Wildman–Crippen LogP) is 2.25. The second kappa shape index (κ2) is 3.71. The molecule has 1 aliphatic heterocycles. The second-order valence-electron chi connectivity index (χ2n) is 6.67. The van der Waals surface area contributed by atoms with Gasteiger partial charge in [0.15, 0.2) is 0 Å². The van der Waals surface area contributed by atoms with E-state index in [4.69, 9.17) is 0 Å². The summed E-state index contributed by atoms with van der Waals surface area (Å²) >= 11 is 0. The summed E-state index contributed by atoms with van der Waals surface area (Å²) in [5, 5.41) is 3.81. The van der Waals surface area contributed by atoms with Crippen molar-refractivity contribution in [3.63, 3.8) is 0 Å². The predicted molar refractivity (Wildman–Crippen MR) is 67.5 cm³/mol. The van der Waals surface area contributed by atoms with Gasteiger partial charge in [-0.05, 0) is 58.3 Å². The molecule has 0 bridgehead atoms. The minimum Gasteiger partial charge on any atom is -0.308 e. The molecule has 0 radical (unpaired) electrons. The lowest BCUT2D eigenvalue weighted by Gasteiger charge is -2.48. The lowest BCUT2D eigenvalue weighted by atomic mass is 9.90. The van der Waals surface area contributed by atoms with Crippen LogP contribution in [0.25, 0.3) is 0 Å². The van der Waals surface area contributed by atoms with Gasteiger partial charge >= 0.3 is 0 Å². The molecule has 3 aliphatic rings. The summed E-state index contributed by atoms with van der Waals surface area (Å²) in [4.78, 5) is 2.78. The molecule has 0 amide bonds. The van der Waals surface area contributed by atoms with Crippen molar-refractivity contribution in [2.75, 3.05) is 13.1 Å². The maximum atomic E-state index is 3.81. The highest BCUT2D eigenvalue weighted by Gasteiger charge is 2.47. The molecule has 2 aliphatic carbocycles. The number of nitrogens with one attached hydrogen (secondary N) is 1. The maximum absolute atomic E-state index is 3.81. The van der Waals surface area contributed by atoms with Crippen LogP contribution < -0.4 is 5.32 Å². The van der Waals surface area contributed by atoms with E-state index in [9.17, 15) is 0 Å². The van der Waals surface area contributed by atoms with E-state index in [0.717, 1.165) is 23.9 Å². The molecule has 2 heteroatoms. The van der Waals surface area contributed by atoms with Crippen molar-refractivity contribution in [3.8, 4) is 0 Å². The van der Waals surface area contributed by atoms with E-state index < -0.39 is 0 Å². The van der Waals surface area contributed by atoms with Gasteiger partial charge in [-0.2, -0.15) is 0 Å². The molecule has 1 saturated heterocycles. The van der Waals surface area contributed by atoms with Crippen molar-refractivity contribution in [2.45, 2.75) is 64.1 Å². The van der Waals surface area contributed by atoms with Gasteiger partial charge in [0, 0.05) is 30.7 Å². The number of nitrogens with zero attached hydrogens (tertiary/aromatic N) is 1. The van der Waals surface area contributed by atoms with E-state index >= 15 is 0 Å². The highest BCUT2D eigenvalue weighted by atomic mass is 15.3. The smallest absolute Gasteiger partial charge is 0.0309 e. The Morgan fingerprint density at radius 1 is 1.25 bits per heavy atom. The third kappa shape index (κ3) is 1.91. The van der Waals surface area contributed by atoms with Crippen LogP contribution in [0.2, 0.25) is 0 Å². The Labute approximate surface area is 99.8 Å². The first-order valence-corrected chi connectivity index (χ1v) is 7.11. The van der Waals surface area contributed by atoms with E-state index in [1.165, 1.54) is 38.8 Å². The van der Waals surface area contributed by atoms with Crippen LogP contribution in [-0.4, -0.2) is 35.6 Å². The number of piperazine rings is 1.